The average molecular weight is 205 g/mol. The zero-order valence-corrected chi connectivity index (χ0v) is 9.92. The molecule has 1 amide bonds. The molecule has 0 heterocycles. The molecule has 1 aromatic carbocycles. The van der Waals surface area contributed by atoms with E-state index in [1.54, 1.807) is 0 Å². The van der Waals surface area contributed by atoms with Crippen molar-refractivity contribution in [2.45, 2.75) is 40.2 Å². The van der Waals surface area contributed by atoms with Crippen molar-refractivity contribution in [1.82, 2.24) is 5.32 Å². The molecule has 0 spiro atoms. The van der Waals surface area contributed by atoms with Crippen LogP contribution in [0.2, 0.25) is 0 Å². The zero-order valence-electron chi connectivity index (χ0n) is 9.92. The molecule has 82 valence electrons. The van der Waals surface area contributed by atoms with E-state index in [1.807, 2.05) is 13.8 Å². The van der Waals surface area contributed by atoms with Gasteiger partial charge in [-0.3, -0.25) is 4.79 Å². The zero-order chi connectivity index (χ0) is 11.4. The minimum Gasteiger partial charge on any atom is -0.350 e. The number of rotatable bonds is 3. The highest BCUT2D eigenvalue weighted by molar-refractivity contribution is 5.76. The molecule has 1 rings (SSSR count). The summed E-state index contributed by atoms with van der Waals surface area (Å²) >= 11 is 0. The fourth-order valence-corrected chi connectivity index (χ4v) is 1.73. The number of hydrogen-bond acceptors (Lipinski definition) is 1. The number of aryl methyl sites for hydroxylation is 2. The summed E-state index contributed by atoms with van der Waals surface area (Å²) in [5.41, 5.74) is 3.69. The van der Waals surface area contributed by atoms with E-state index in [1.165, 1.54) is 16.7 Å². The van der Waals surface area contributed by atoms with E-state index in [0.29, 0.717) is 6.42 Å². The standard InChI is InChI=1S/C13H19NO/c1-5-13(15)14-11(4)12-7-6-9(2)8-10(12)3/h6-8,11H,5H2,1-4H3,(H,14,15). The molecule has 2 nitrogen and oxygen atoms in total. The van der Waals surface area contributed by atoms with Crippen LogP contribution in [0.3, 0.4) is 0 Å². The van der Waals surface area contributed by atoms with Crippen molar-refractivity contribution < 1.29 is 4.79 Å². The van der Waals surface area contributed by atoms with E-state index in [0.717, 1.165) is 0 Å². The Morgan fingerprint density at radius 3 is 2.60 bits per heavy atom. The number of nitrogens with one attached hydrogen (secondary N) is 1. The smallest absolute Gasteiger partial charge is 0.220 e. The molecule has 0 saturated carbocycles. The van der Waals surface area contributed by atoms with Crippen LogP contribution in [-0.4, -0.2) is 5.91 Å². The Balaban J connectivity index is 2.82. The molecule has 1 N–H and O–H groups in total. The molecule has 0 aliphatic rings. The normalized spacial score (nSPS) is 12.3. The lowest BCUT2D eigenvalue weighted by molar-refractivity contribution is -0.121. The Hall–Kier alpha value is -1.31. The SMILES string of the molecule is CCC(=O)NC(C)c1ccc(C)cc1C. The maximum Gasteiger partial charge on any atom is 0.220 e. The number of carbonyl (C=O) groups excluding carboxylic acids is 1. The van der Waals surface area contributed by atoms with E-state index in [-0.39, 0.29) is 11.9 Å². The molecular weight excluding hydrogens is 186 g/mol. The number of benzene rings is 1. The quantitative estimate of drug-likeness (QED) is 0.807. The van der Waals surface area contributed by atoms with E-state index in [4.69, 9.17) is 0 Å². The minimum atomic E-state index is 0.0954. The van der Waals surface area contributed by atoms with Crippen molar-refractivity contribution in [1.29, 1.82) is 0 Å². The molecule has 1 aromatic rings. The third-order valence-corrected chi connectivity index (χ3v) is 2.59. The van der Waals surface area contributed by atoms with Crippen LogP contribution in [0.1, 0.15) is 43.0 Å². The van der Waals surface area contributed by atoms with Gasteiger partial charge >= 0.3 is 0 Å². The summed E-state index contributed by atoms with van der Waals surface area (Å²) in [6, 6.07) is 6.41. The molecule has 1 unspecified atom stereocenters. The van der Waals surface area contributed by atoms with Gasteiger partial charge in [0.15, 0.2) is 0 Å². The highest BCUT2D eigenvalue weighted by Gasteiger charge is 2.09. The molecule has 0 aromatic heterocycles. The second-order valence-electron chi connectivity index (χ2n) is 4.00. The minimum absolute atomic E-state index is 0.0954. The van der Waals surface area contributed by atoms with Crippen molar-refractivity contribution >= 4 is 5.91 Å². The van der Waals surface area contributed by atoms with Gasteiger partial charge in [-0.1, -0.05) is 30.7 Å². The molecule has 1 atom stereocenters. The number of carbonyl (C=O) groups is 1. The molecule has 15 heavy (non-hydrogen) atoms. The monoisotopic (exact) mass is 205 g/mol. The van der Waals surface area contributed by atoms with Crippen LogP contribution in [0.4, 0.5) is 0 Å². The molecular formula is C13H19NO. The summed E-state index contributed by atoms with van der Waals surface area (Å²) in [5, 5.41) is 2.97. The van der Waals surface area contributed by atoms with Gasteiger partial charge in [-0.2, -0.15) is 0 Å². The highest BCUT2D eigenvalue weighted by atomic mass is 16.1. The molecule has 0 aliphatic carbocycles. The predicted molar refractivity (Wildman–Crippen MR) is 62.8 cm³/mol. The fraction of sp³-hybridized carbons (Fsp3) is 0.462. The molecule has 0 bridgehead atoms. The van der Waals surface area contributed by atoms with Crippen LogP contribution in [0.25, 0.3) is 0 Å². The van der Waals surface area contributed by atoms with Crippen molar-refractivity contribution in [3.8, 4) is 0 Å². The Kier molecular flexibility index (Phi) is 3.89. The third kappa shape index (κ3) is 3.08. The first-order valence-corrected chi connectivity index (χ1v) is 5.41. The first kappa shape index (κ1) is 11.8. The second-order valence-corrected chi connectivity index (χ2v) is 4.00. The average Bonchev–Trinajstić information content (AvgIpc) is 2.17. The first-order chi connectivity index (χ1) is 7.04. The van der Waals surface area contributed by atoms with Gasteiger partial charge in [-0.25, -0.2) is 0 Å². The van der Waals surface area contributed by atoms with Gasteiger partial charge in [0.1, 0.15) is 0 Å². The second kappa shape index (κ2) is 4.96. The predicted octanol–water partition coefficient (Wildman–Crippen LogP) is 2.89. The van der Waals surface area contributed by atoms with E-state index >= 15 is 0 Å². The van der Waals surface area contributed by atoms with Crippen molar-refractivity contribution in [2.24, 2.45) is 0 Å². The highest BCUT2D eigenvalue weighted by Crippen LogP contribution is 2.18. The van der Waals surface area contributed by atoms with Gasteiger partial charge < -0.3 is 5.32 Å². The summed E-state index contributed by atoms with van der Waals surface area (Å²) < 4.78 is 0. The third-order valence-electron chi connectivity index (χ3n) is 2.59. The van der Waals surface area contributed by atoms with E-state index < -0.39 is 0 Å². The van der Waals surface area contributed by atoms with Gasteiger partial charge in [0, 0.05) is 6.42 Å². The molecule has 0 fully saturated rings. The van der Waals surface area contributed by atoms with E-state index in [9.17, 15) is 4.79 Å². The van der Waals surface area contributed by atoms with Crippen molar-refractivity contribution in [3.05, 3.63) is 34.9 Å². The lowest BCUT2D eigenvalue weighted by atomic mass is 10.0. The molecule has 0 radical (unpaired) electrons. The largest absolute Gasteiger partial charge is 0.350 e. The van der Waals surface area contributed by atoms with Gasteiger partial charge in [0.25, 0.3) is 0 Å². The molecule has 0 aliphatic heterocycles. The summed E-state index contributed by atoms with van der Waals surface area (Å²) in [7, 11) is 0. The van der Waals surface area contributed by atoms with Crippen molar-refractivity contribution in [3.63, 3.8) is 0 Å². The van der Waals surface area contributed by atoms with Crippen LogP contribution in [0.5, 0.6) is 0 Å². The van der Waals surface area contributed by atoms with Gasteiger partial charge in [-0.05, 0) is 31.9 Å². The van der Waals surface area contributed by atoms with Crippen LogP contribution in [0.15, 0.2) is 18.2 Å². The maximum atomic E-state index is 11.3. The topological polar surface area (TPSA) is 29.1 Å². The lowest BCUT2D eigenvalue weighted by Crippen LogP contribution is -2.26. The Labute approximate surface area is 91.7 Å². The first-order valence-electron chi connectivity index (χ1n) is 5.41. The maximum absolute atomic E-state index is 11.3. The van der Waals surface area contributed by atoms with Crippen LogP contribution >= 0.6 is 0 Å². The van der Waals surface area contributed by atoms with Crippen LogP contribution in [-0.2, 0) is 4.79 Å². The summed E-state index contributed by atoms with van der Waals surface area (Å²) in [4.78, 5) is 11.3. The van der Waals surface area contributed by atoms with Gasteiger partial charge in [-0.15, -0.1) is 0 Å². The molecule has 0 saturated heterocycles. The lowest BCUT2D eigenvalue weighted by Gasteiger charge is -2.16. The summed E-state index contributed by atoms with van der Waals surface area (Å²) in [6.45, 7) is 8.04. The Morgan fingerprint density at radius 1 is 1.40 bits per heavy atom. The van der Waals surface area contributed by atoms with Gasteiger partial charge in [0.05, 0.1) is 6.04 Å². The number of hydrogen-bond donors (Lipinski definition) is 1. The summed E-state index contributed by atoms with van der Waals surface area (Å²) in [5.74, 6) is 0.0995. The van der Waals surface area contributed by atoms with Crippen LogP contribution < -0.4 is 5.32 Å². The number of amides is 1. The molecule has 2 heteroatoms. The van der Waals surface area contributed by atoms with E-state index in [2.05, 4.69) is 37.4 Å². The Bertz CT molecular complexity index is 358. The van der Waals surface area contributed by atoms with Crippen LogP contribution in [0, 0.1) is 13.8 Å². The van der Waals surface area contributed by atoms with Crippen molar-refractivity contribution in [2.75, 3.05) is 0 Å². The summed E-state index contributed by atoms with van der Waals surface area (Å²) in [6.07, 6.45) is 0.537. The Morgan fingerprint density at radius 2 is 2.07 bits per heavy atom. The van der Waals surface area contributed by atoms with Gasteiger partial charge in [0.2, 0.25) is 5.91 Å². The fourth-order valence-electron chi connectivity index (χ4n) is 1.73.